The van der Waals surface area contributed by atoms with Gasteiger partial charge in [0.15, 0.2) is 6.61 Å². The molecule has 5 heteroatoms. The largest absolute Gasteiger partial charge is 0.483 e. The van der Waals surface area contributed by atoms with E-state index in [0.29, 0.717) is 6.54 Å². The highest BCUT2D eigenvalue weighted by atomic mass is 32.1. The number of carbonyl (C=O) groups is 1. The summed E-state index contributed by atoms with van der Waals surface area (Å²) in [6, 6.07) is 16.1. The van der Waals surface area contributed by atoms with E-state index in [1.807, 2.05) is 55.6 Å². The van der Waals surface area contributed by atoms with E-state index in [1.54, 1.807) is 11.3 Å². The zero-order chi connectivity index (χ0) is 18.4. The van der Waals surface area contributed by atoms with Crippen LogP contribution in [0.25, 0.3) is 0 Å². The first-order chi connectivity index (χ1) is 12.6. The van der Waals surface area contributed by atoms with Gasteiger partial charge in [0.25, 0.3) is 5.91 Å². The second-order valence-electron chi connectivity index (χ2n) is 6.16. The summed E-state index contributed by atoms with van der Waals surface area (Å²) in [6.07, 6.45) is 0.815. The Morgan fingerprint density at radius 3 is 2.73 bits per heavy atom. The Labute approximate surface area is 157 Å². The molecule has 3 aromatic rings. The van der Waals surface area contributed by atoms with Crippen molar-refractivity contribution in [3.05, 3.63) is 81.3 Å². The molecule has 0 aliphatic rings. The lowest BCUT2D eigenvalue weighted by atomic mass is 10.1. The van der Waals surface area contributed by atoms with Crippen LogP contribution in [-0.2, 0) is 17.8 Å². The Hall–Kier alpha value is -2.66. The molecule has 0 bridgehead atoms. The van der Waals surface area contributed by atoms with Crippen molar-refractivity contribution in [2.75, 3.05) is 6.61 Å². The van der Waals surface area contributed by atoms with Crippen molar-refractivity contribution in [1.29, 1.82) is 0 Å². The molecule has 0 unspecified atom stereocenters. The topological polar surface area (TPSA) is 51.2 Å². The maximum Gasteiger partial charge on any atom is 0.258 e. The molecule has 1 heterocycles. The van der Waals surface area contributed by atoms with Crippen LogP contribution in [0.5, 0.6) is 5.75 Å². The molecular formula is C21H22N2O2S. The minimum atomic E-state index is -0.150. The van der Waals surface area contributed by atoms with Crippen LogP contribution in [-0.4, -0.2) is 17.5 Å². The third-order valence-electron chi connectivity index (χ3n) is 4.18. The fraction of sp³-hybridized carbons (Fsp3) is 0.238. The third-order valence-corrected chi connectivity index (χ3v) is 5.08. The van der Waals surface area contributed by atoms with Crippen LogP contribution in [0.2, 0.25) is 0 Å². The quantitative estimate of drug-likeness (QED) is 0.686. The number of hydrogen-bond acceptors (Lipinski definition) is 4. The fourth-order valence-electron chi connectivity index (χ4n) is 2.55. The van der Waals surface area contributed by atoms with Crippen LogP contribution in [0.15, 0.2) is 53.9 Å². The Bertz CT molecular complexity index is 875. The summed E-state index contributed by atoms with van der Waals surface area (Å²) < 4.78 is 5.62. The molecule has 3 rings (SSSR count). The van der Waals surface area contributed by atoms with Crippen LogP contribution in [0.3, 0.4) is 0 Å². The standard InChI is InChI=1S/C21H22N2O2S/c1-15-7-6-10-19(16(15)2)25-13-20(24)22-12-18-14-26-21(23-18)11-17-8-4-3-5-9-17/h3-10,14H,11-13H2,1-2H3,(H,22,24). The highest BCUT2D eigenvalue weighted by Crippen LogP contribution is 2.20. The molecule has 26 heavy (non-hydrogen) atoms. The first-order valence-electron chi connectivity index (χ1n) is 8.55. The van der Waals surface area contributed by atoms with Gasteiger partial charge in [0.1, 0.15) is 5.75 Å². The lowest BCUT2D eigenvalue weighted by Crippen LogP contribution is -2.28. The summed E-state index contributed by atoms with van der Waals surface area (Å²) in [5.74, 6) is 0.600. The molecule has 1 amide bonds. The number of carbonyl (C=O) groups excluding carboxylic acids is 1. The maximum absolute atomic E-state index is 12.0. The number of benzene rings is 2. The van der Waals surface area contributed by atoms with Crippen molar-refractivity contribution >= 4 is 17.2 Å². The first kappa shape index (κ1) is 18.1. The van der Waals surface area contributed by atoms with Gasteiger partial charge >= 0.3 is 0 Å². The zero-order valence-corrected chi connectivity index (χ0v) is 15.8. The molecule has 4 nitrogen and oxygen atoms in total. The summed E-state index contributed by atoms with van der Waals surface area (Å²) in [6.45, 7) is 4.44. The van der Waals surface area contributed by atoms with Crippen LogP contribution in [0.1, 0.15) is 27.4 Å². The predicted octanol–water partition coefficient (Wildman–Crippen LogP) is 4.05. The van der Waals surface area contributed by atoms with Crippen molar-refractivity contribution in [1.82, 2.24) is 10.3 Å². The zero-order valence-electron chi connectivity index (χ0n) is 15.0. The van der Waals surface area contributed by atoms with Crippen molar-refractivity contribution in [3.8, 4) is 5.75 Å². The Morgan fingerprint density at radius 2 is 1.92 bits per heavy atom. The molecule has 0 radical (unpaired) electrons. The SMILES string of the molecule is Cc1cccc(OCC(=O)NCc2csc(Cc3ccccc3)n2)c1C. The van der Waals surface area contributed by atoms with E-state index in [0.717, 1.165) is 34.0 Å². The number of ether oxygens (including phenoxy) is 1. The summed E-state index contributed by atoms with van der Waals surface area (Å²) >= 11 is 1.62. The third kappa shape index (κ3) is 4.92. The normalized spacial score (nSPS) is 10.5. The van der Waals surface area contributed by atoms with Gasteiger partial charge in [-0.05, 0) is 36.6 Å². The van der Waals surface area contributed by atoms with Gasteiger partial charge in [-0.2, -0.15) is 0 Å². The van der Waals surface area contributed by atoms with E-state index in [-0.39, 0.29) is 12.5 Å². The molecule has 1 aromatic heterocycles. The molecule has 0 saturated heterocycles. The van der Waals surface area contributed by atoms with Crippen LogP contribution in [0, 0.1) is 13.8 Å². The molecule has 0 spiro atoms. The summed E-state index contributed by atoms with van der Waals surface area (Å²) in [7, 11) is 0. The summed E-state index contributed by atoms with van der Waals surface area (Å²) in [5.41, 5.74) is 4.32. The van der Waals surface area contributed by atoms with Gasteiger partial charge in [-0.3, -0.25) is 4.79 Å². The van der Waals surface area contributed by atoms with Crippen molar-refractivity contribution < 1.29 is 9.53 Å². The number of hydrogen-bond donors (Lipinski definition) is 1. The van der Waals surface area contributed by atoms with Crippen LogP contribution in [0.4, 0.5) is 0 Å². The van der Waals surface area contributed by atoms with Gasteiger partial charge in [-0.15, -0.1) is 11.3 Å². The van der Waals surface area contributed by atoms with Crippen LogP contribution < -0.4 is 10.1 Å². The number of thiazole rings is 1. The maximum atomic E-state index is 12.0. The molecule has 0 aliphatic carbocycles. The highest BCUT2D eigenvalue weighted by molar-refractivity contribution is 7.09. The lowest BCUT2D eigenvalue weighted by molar-refractivity contribution is -0.123. The summed E-state index contributed by atoms with van der Waals surface area (Å²) in [5, 5.41) is 5.90. The number of rotatable bonds is 7. The predicted molar refractivity (Wildman–Crippen MR) is 105 cm³/mol. The minimum Gasteiger partial charge on any atom is -0.483 e. The van der Waals surface area contributed by atoms with Crippen molar-refractivity contribution in [3.63, 3.8) is 0 Å². The lowest BCUT2D eigenvalue weighted by Gasteiger charge is -2.10. The summed E-state index contributed by atoms with van der Waals surface area (Å²) in [4.78, 5) is 16.6. The second kappa shape index (κ2) is 8.63. The molecule has 0 atom stereocenters. The number of nitrogens with zero attached hydrogens (tertiary/aromatic N) is 1. The van der Waals surface area contributed by atoms with E-state index >= 15 is 0 Å². The molecular weight excluding hydrogens is 344 g/mol. The first-order valence-corrected chi connectivity index (χ1v) is 9.42. The second-order valence-corrected chi connectivity index (χ2v) is 7.10. The Morgan fingerprint density at radius 1 is 1.12 bits per heavy atom. The molecule has 1 N–H and O–H groups in total. The van der Waals surface area contributed by atoms with Gasteiger partial charge in [-0.1, -0.05) is 42.5 Å². The Kier molecular flexibility index (Phi) is 6.02. The molecule has 2 aromatic carbocycles. The molecule has 0 aliphatic heterocycles. The average Bonchev–Trinajstić information content (AvgIpc) is 3.09. The smallest absolute Gasteiger partial charge is 0.258 e. The van der Waals surface area contributed by atoms with Crippen molar-refractivity contribution in [2.24, 2.45) is 0 Å². The molecule has 0 saturated carbocycles. The van der Waals surface area contributed by atoms with Gasteiger partial charge < -0.3 is 10.1 Å². The van der Waals surface area contributed by atoms with Gasteiger partial charge in [0, 0.05) is 11.8 Å². The number of amides is 1. The van der Waals surface area contributed by atoms with Crippen molar-refractivity contribution in [2.45, 2.75) is 26.8 Å². The van der Waals surface area contributed by atoms with E-state index < -0.39 is 0 Å². The highest BCUT2D eigenvalue weighted by Gasteiger charge is 2.08. The van der Waals surface area contributed by atoms with E-state index in [4.69, 9.17) is 4.74 Å². The minimum absolute atomic E-state index is 0.00526. The van der Waals surface area contributed by atoms with E-state index in [2.05, 4.69) is 22.4 Å². The van der Waals surface area contributed by atoms with E-state index in [1.165, 1.54) is 5.56 Å². The Balaban J connectivity index is 1.47. The molecule has 134 valence electrons. The van der Waals surface area contributed by atoms with E-state index in [9.17, 15) is 4.79 Å². The molecule has 0 fully saturated rings. The average molecular weight is 366 g/mol. The number of nitrogens with one attached hydrogen (secondary N) is 1. The monoisotopic (exact) mass is 366 g/mol. The van der Waals surface area contributed by atoms with Gasteiger partial charge in [0.2, 0.25) is 0 Å². The van der Waals surface area contributed by atoms with Gasteiger partial charge in [0.05, 0.1) is 17.2 Å². The van der Waals surface area contributed by atoms with Gasteiger partial charge in [-0.25, -0.2) is 4.98 Å². The number of aromatic nitrogens is 1. The number of aryl methyl sites for hydroxylation is 1. The van der Waals surface area contributed by atoms with Crippen LogP contribution >= 0.6 is 11.3 Å². The fourth-order valence-corrected chi connectivity index (χ4v) is 3.37.